The number of rotatable bonds is 8. The lowest BCUT2D eigenvalue weighted by Gasteiger charge is -2.27. The second kappa shape index (κ2) is 8.92. The van der Waals surface area contributed by atoms with Gasteiger partial charge in [-0.15, -0.1) is 23.2 Å². The first-order chi connectivity index (χ1) is 12.6. The molecule has 1 N–H and O–H groups in total. The number of carbonyl (C=O) groups is 2. The van der Waals surface area contributed by atoms with Crippen molar-refractivity contribution in [1.29, 1.82) is 0 Å². The lowest BCUT2D eigenvalue weighted by molar-refractivity contribution is -0.157. The molecule has 0 saturated heterocycles. The standard InChI is InChI=1S/C20H23Cl2NO3/c21-11-16(12-22)26-20(25)18-15-7-6-14(10-15)17(18)19(24)23-9-8-13-4-2-1-3-5-13/h1-7,14-18H,8-12H2,(H,23,24)/t14-,15-,17-,18-/m0/s1. The molecule has 1 amide bonds. The average Bonchev–Trinajstić information content (AvgIpc) is 3.28. The Morgan fingerprint density at radius 3 is 2.38 bits per heavy atom. The van der Waals surface area contributed by atoms with Gasteiger partial charge in [0.25, 0.3) is 0 Å². The molecule has 0 aliphatic heterocycles. The summed E-state index contributed by atoms with van der Waals surface area (Å²) >= 11 is 11.5. The molecule has 0 unspecified atom stereocenters. The van der Waals surface area contributed by atoms with E-state index in [9.17, 15) is 9.59 Å². The predicted molar refractivity (Wildman–Crippen MR) is 102 cm³/mol. The van der Waals surface area contributed by atoms with Crippen LogP contribution < -0.4 is 5.32 Å². The number of carbonyl (C=O) groups excluding carboxylic acids is 2. The maximum atomic E-state index is 12.8. The summed E-state index contributed by atoms with van der Waals surface area (Å²) in [5.41, 5.74) is 1.17. The number of nitrogens with one attached hydrogen (secondary N) is 1. The normalized spacial score (nSPS) is 26.3. The smallest absolute Gasteiger partial charge is 0.310 e. The van der Waals surface area contributed by atoms with Crippen LogP contribution in [0.3, 0.4) is 0 Å². The van der Waals surface area contributed by atoms with Crippen LogP contribution in [0.5, 0.6) is 0 Å². The monoisotopic (exact) mass is 395 g/mol. The first kappa shape index (κ1) is 19.2. The molecule has 0 radical (unpaired) electrons. The molecule has 4 atom stereocenters. The minimum absolute atomic E-state index is 0.0590. The Balaban J connectivity index is 1.60. The quantitative estimate of drug-likeness (QED) is 0.417. The van der Waals surface area contributed by atoms with E-state index in [1.54, 1.807) is 0 Å². The van der Waals surface area contributed by atoms with E-state index in [0.29, 0.717) is 6.54 Å². The van der Waals surface area contributed by atoms with Crippen LogP contribution >= 0.6 is 23.2 Å². The Hall–Kier alpha value is -1.52. The molecule has 2 aliphatic carbocycles. The van der Waals surface area contributed by atoms with Gasteiger partial charge >= 0.3 is 5.97 Å². The first-order valence-electron chi connectivity index (χ1n) is 8.96. The number of amides is 1. The number of esters is 1. The van der Waals surface area contributed by atoms with Crippen molar-refractivity contribution in [2.45, 2.75) is 18.9 Å². The van der Waals surface area contributed by atoms with E-state index >= 15 is 0 Å². The molecule has 3 rings (SSSR count). The number of halogens is 2. The lowest BCUT2D eigenvalue weighted by atomic mass is 9.82. The number of alkyl halides is 2. The number of benzene rings is 1. The van der Waals surface area contributed by atoms with Gasteiger partial charge < -0.3 is 10.1 Å². The zero-order chi connectivity index (χ0) is 18.5. The number of hydrogen-bond donors (Lipinski definition) is 1. The van der Waals surface area contributed by atoms with Crippen LogP contribution in [-0.4, -0.2) is 36.3 Å². The van der Waals surface area contributed by atoms with Crippen LogP contribution in [0, 0.1) is 23.7 Å². The van der Waals surface area contributed by atoms with Crippen LogP contribution in [0.2, 0.25) is 0 Å². The molecule has 140 valence electrons. The van der Waals surface area contributed by atoms with Crippen molar-refractivity contribution >= 4 is 35.1 Å². The van der Waals surface area contributed by atoms with E-state index in [-0.39, 0.29) is 41.4 Å². The van der Waals surface area contributed by atoms with Crippen LogP contribution in [0.15, 0.2) is 42.5 Å². The van der Waals surface area contributed by atoms with Crippen LogP contribution in [0.1, 0.15) is 12.0 Å². The van der Waals surface area contributed by atoms with E-state index in [1.807, 2.05) is 36.4 Å². The third kappa shape index (κ3) is 4.24. The fraction of sp³-hybridized carbons (Fsp3) is 0.500. The number of allylic oxidation sites excluding steroid dienone is 2. The highest BCUT2D eigenvalue weighted by atomic mass is 35.5. The zero-order valence-electron chi connectivity index (χ0n) is 14.4. The molecule has 0 aromatic heterocycles. The van der Waals surface area contributed by atoms with Crippen molar-refractivity contribution in [1.82, 2.24) is 5.32 Å². The van der Waals surface area contributed by atoms with Crippen LogP contribution in [0.25, 0.3) is 0 Å². The third-order valence-corrected chi connectivity index (χ3v) is 5.91. The lowest BCUT2D eigenvalue weighted by Crippen LogP contribution is -2.42. The largest absolute Gasteiger partial charge is 0.460 e. The highest BCUT2D eigenvalue weighted by Gasteiger charge is 2.52. The minimum atomic E-state index is -0.518. The summed E-state index contributed by atoms with van der Waals surface area (Å²) in [6.07, 6.45) is 5.15. The predicted octanol–water partition coefficient (Wildman–Crippen LogP) is 3.17. The highest BCUT2D eigenvalue weighted by molar-refractivity contribution is 6.21. The Kier molecular flexibility index (Phi) is 6.60. The summed E-state index contributed by atoms with van der Waals surface area (Å²) in [6, 6.07) is 9.99. The van der Waals surface area contributed by atoms with Crippen LogP contribution in [0.4, 0.5) is 0 Å². The molecule has 1 saturated carbocycles. The fourth-order valence-corrected chi connectivity index (χ4v) is 4.40. The van der Waals surface area contributed by atoms with E-state index in [1.165, 1.54) is 5.56 Å². The summed E-state index contributed by atoms with van der Waals surface area (Å²) in [5, 5.41) is 2.99. The average molecular weight is 396 g/mol. The molecular weight excluding hydrogens is 373 g/mol. The van der Waals surface area contributed by atoms with E-state index in [4.69, 9.17) is 27.9 Å². The van der Waals surface area contributed by atoms with Gasteiger partial charge in [0, 0.05) is 6.54 Å². The molecular formula is C20H23Cl2NO3. The van der Waals surface area contributed by atoms with Gasteiger partial charge in [-0.3, -0.25) is 9.59 Å². The Bertz CT molecular complexity index is 660. The van der Waals surface area contributed by atoms with Gasteiger partial charge in [-0.2, -0.15) is 0 Å². The first-order valence-corrected chi connectivity index (χ1v) is 10.0. The van der Waals surface area contributed by atoms with Crippen molar-refractivity contribution in [2.24, 2.45) is 23.7 Å². The molecule has 2 aliphatic rings. The van der Waals surface area contributed by atoms with Crippen molar-refractivity contribution in [3.05, 3.63) is 48.0 Å². The van der Waals surface area contributed by atoms with Gasteiger partial charge in [0.05, 0.1) is 23.6 Å². The molecule has 4 nitrogen and oxygen atoms in total. The van der Waals surface area contributed by atoms with E-state index < -0.39 is 12.0 Å². The zero-order valence-corrected chi connectivity index (χ0v) is 16.0. The topological polar surface area (TPSA) is 55.4 Å². The van der Waals surface area contributed by atoms with E-state index in [0.717, 1.165) is 12.8 Å². The summed E-state index contributed by atoms with van der Waals surface area (Å²) in [6.45, 7) is 0.550. The van der Waals surface area contributed by atoms with Crippen molar-refractivity contribution < 1.29 is 14.3 Å². The van der Waals surface area contributed by atoms with E-state index in [2.05, 4.69) is 11.4 Å². The van der Waals surface area contributed by atoms with Gasteiger partial charge in [0.2, 0.25) is 5.91 Å². The molecule has 1 fully saturated rings. The molecule has 26 heavy (non-hydrogen) atoms. The maximum absolute atomic E-state index is 12.8. The van der Waals surface area contributed by atoms with Crippen molar-refractivity contribution in [3.8, 4) is 0 Å². The number of ether oxygens (including phenoxy) is 1. The van der Waals surface area contributed by atoms with Gasteiger partial charge in [0.15, 0.2) is 0 Å². The Morgan fingerprint density at radius 1 is 1.08 bits per heavy atom. The van der Waals surface area contributed by atoms with Gasteiger partial charge in [-0.05, 0) is 30.2 Å². The maximum Gasteiger partial charge on any atom is 0.310 e. The SMILES string of the molecule is O=C(NCCc1ccccc1)[C@@H]1[C@@H](C(=O)OC(CCl)CCl)[C@H]2C=C[C@H]1C2. The molecule has 0 spiro atoms. The highest BCUT2D eigenvalue weighted by Crippen LogP contribution is 2.48. The Labute approximate surface area is 163 Å². The number of fused-ring (bicyclic) bond motifs is 2. The summed E-state index contributed by atoms with van der Waals surface area (Å²) < 4.78 is 5.42. The Morgan fingerprint density at radius 2 is 1.73 bits per heavy atom. The second-order valence-electron chi connectivity index (χ2n) is 6.89. The van der Waals surface area contributed by atoms with Crippen molar-refractivity contribution in [3.63, 3.8) is 0 Å². The summed E-state index contributed by atoms with van der Waals surface area (Å²) in [7, 11) is 0. The van der Waals surface area contributed by atoms with Gasteiger partial charge in [-0.25, -0.2) is 0 Å². The summed E-state index contributed by atoms with van der Waals surface area (Å²) in [5.74, 6) is -0.803. The molecule has 6 heteroatoms. The molecule has 0 heterocycles. The molecule has 1 aromatic carbocycles. The number of hydrogen-bond acceptors (Lipinski definition) is 3. The third-order valence-electron chi connectivity index (χ3n) is 5.22. The van der Waals surface area contributed by atoms with Gasteiger partial charge in [-0.1, -0.05) is 42.5 Å². The van der Waals surface area contributed by atoms with Gasteiger partial charge in [0.1, 0.15) is 6.10 Å². The summed E-state index contributed by atoms with van der Waals surface area (Å²) in [4.78, 5) is 25.4. The molecule has 2 bridgehead atoms. The van der Waals surface area contributed by atoms with Crippen LogP contribution in [-0.2, 0) is 20.7 Å². The second-order valence-corrected chi connectivity index (χ2v) is 7.51. The van der Waals surface area contributed by atoms with Crippen molar-refractivity contribution in [2.75, 3.05) is 18.3 Å². The molecule has 1 aromatic rings. The minimum Gasteiger partial charge on any atom is -0.460 e. The fourth-order valence-electron chi connectivity index (χ4n) is 3.94.